The van der Waals surface area contributed by atoms with Crippen molar-refractivity contribution in [1.29, 1.82) is 0 Å². The van der Waals surface area contributed by atoms with E-state index in [-0.39, 0.29) is 17.4 Å². The highest BCUT2D eigenvalue weighted by Gasteiger charge is 2.14. The van der Waals surface area contributed by atoms with Crippen molar-refractivity contribution in [3.63, 3.8) is 0 Å². The number of rotatable bonds is 6. The Morgan fingerprint density at radius 1 is 1.30 bits per heavy atom. The standard InChI is InChI=1S/C18H22N2O3/c1-12-6-7-19-15(8-12)9-13(2)20(3)11-14-4-5-17(21)16(10-14)18(22)23/h4-8,10,13,21H,9,11H2,1-3H3,(H,22,23). The second-order valence-electron chi connectivity index (χ2n) is 5.95. The molecular formula is C18H22N2O3. The Labute approximate surface area is 136 Å². The fourth-order valence-electron chi connectivity index (χ4n) is 2.47. The highest BCUT2D eigenvalue weighted by molar-refractivity contribution is 5.90. The lowest BCUT2D eigenvalue weighted by Crippen LogP contribution is -2.30. The van der Waals surface area contributed by atoms with Crippen LogP contribution in [0.2, 0.25) is 0 Å². The predicted molar refractivity (Wildman–Crippen MR) is 88.7 cm³/mol. The number of aromatic nitrogens is 1. The van der Waals surface area contributed by atoms with Gasteiger partial charge in [-0.05, 0) is 56.3 Å². The van der Waals surface area contributed by atoms with Crippen LogP contribution < -0.4 is 0 Å². The van der Waals surface area contributed by atoms with Gasteiger partial charge in [0.2, 0.25) is 0 Å². The van der Waals surface area contributed by atoms with Crippen LogP contribution >= 0.6 is 0 Å². The third kappa shape index (κ3) is 4.53. The fraction of sp³-hybridized carbons (Fsp3) is 0.333. The van der Waals surface area contributed by atoms with Gasteiger partial charge >= 0.3 is 5.97 Å². The van der Waals surface area contributed by atoms with Crippen molar-refractivity contribution in [2.45, 2.75) is 32.9 Å². The lowest BCUT2D eigenvalue weighted by atomic mass is 10.1. The molecule has 2 N–H and O–H groups in total. The molecule has 1 atom stereocenters. The molecule has 0 saturated carbocycles. The largest absolute Gasteiger partial charge is 0.507 e. The Balaban J connectivity index is 2.05. The van der Waals surface area contributed by atoms with Crippen LogP contribution in [0.4, 0.5) is 0 Å². The average molecular weight is 314 g/mol. The van der Waals surface area contributed by atoms with Gasteiger partial charge in [0, 0.05) is 30.9 Å². The van der Waals surface area contributed by atoms with Crippen molar-refractivity contribution < 1.29 is 15.0 Å². The lowest BCUT2D eigenvalue weighted by molar-refractivity contribution is 0.0693. The number of carboxylic acid groups (broad SMARTS) is 1. The number of pyridine rings is 1. The van der Waals surface area contributed by atoms with E-state index in [4.69, 9.17) is 5.11 Å². The topological polar surface area (TPSA) is 73.7 Å². The molecule has 1 aromatic carbocycles. The van der Waals surface area contributed by atoms with Crippen molar-refractivity contribution in [3.8, 4) is 5.75 Å². The number of aromatic hydroxyl groups is 1. The summed E-state index contributed by atoms with van der Waals surface area (Å²) in [7, 11) is 1.99. The van der Waals surface area contributed by atoms with Gasteiger partial charge in [-0.3, -0.25) is 9.88 Å². The Morgan fingerprint density at radius 2 is 2.04 bits per heavy atom. The maximum Gasteiger partial charge on any atom is 0.339 e. The molecule has 1 heterocycles. The molecular weight excluding hydrogens is 292 g/mol. The molecule has 0 aliphatic carbocycles. The van der Waals surface area contributed by atoms with Crippen LogP contribution in [0.5, 0.6) is 5.75 Å². The minimum atomic E-state index is -1.12. The molecule has 5 nitrogen and oxygen atoms in total. The second-order valence-corrected chi connectivity index (χ2v) is 5.95. The number of carbonyl (C=O) groups is 1. The van der Waals surface area contributed by atoms with Gasteiger partial charge in [0.25, 0.3) is 0 Å². The summed E-state index contributed by atoms with van der Waals surface area (Å²) in [5.74, 6) is -1.33. The molecule has 2 rings (SSSR count). The van der Waals surface area contributed by atoms with E-state index >= 15 is 0 Å². The molecule has 0 spiro atoms. The first-order valence-corrected chi connectivity index (χ1v) is 7.53. The molecule has 122 valence electrons. The monoisotopic (exact) mass is 314 g/mol. The molecule has 0 saturated heterocycles. The van der Waals surface area contributed by atoms with Gasteiger partial charge in [-0.25, -0.2) is 4.79 Å². The van der Waals surface area contributed by atoms with Crippen molar-refractivity contribution in [2.24, 2.45) is 0 Å². The van der Waals surface area contributed by atoms with Crippen LogP contribution in [-0.2, 0) is 13.0 Å². The number of likely N-dealkylation sites (N-methyl/N-ethyl adjacent to an activating group) is 1. The Morgan fingerprint density at radius 3 is 2.70 bits per heavy atom. The first kappa shape index (κ1) is 17.0. The van der Waals surface area contributed by atoms with E-state index in [0.29, 0.717) is 6.54 Å². The van der Waals surface area contributed by atoms with Crippen LogP contribution in [0.3, 0.4) is 0 Å². The zero-order chi connectivity index (χ0) is 17.0. The molecule has 0 aliphatic rings. The number of hydrogen-bond acceptors (Lipinski definition) is 4. The summed E-state index contributed by atoms with van der Waals surface area (Å²) in [6, 6.07) is 9.00. The van der Waals surface area contributed by atoms with E-state index < -0.39 is 5.97 Å². The lowest BCUT2D eigenvalue weighted by Gasteiger charge is -2.24. The van der Waals surface area contributed by atoms with E-state index in [1.165, 1.54) is 17.7 Å². The molecule has 5 heteroatoms. The van der Waals surface area contributed by atoms with E-state index in [2.05, 4.69) is 22.9 Å². The summed E-state index contributed by atoms with van der Waals surface area (Å²) in [6.45, 7) is 4.76. The van der Waals surface area contributed by atoms with E-state index in [9.17, 15) is 9.90 Å². The SMILES string of the molecule is Cc1ccnc(CC(C)N(C)Cc2ccc(O)c(C(=O)O)c2)c1. The number of phenols is 1. The number of aryl methyl sites for hydroxylation is 1. The summed E-state index contributed by atoms with van der Waals surface area (Å²) >= 11 is 0. The second kappa shape index (κ2) is 7.24. The minimum Gasteiger partial charge on any atom is -0.507 e. The molecule has 2 aromatic rings. The summed E-state index contributed by atoms with van der Waals surface area (Å²) < 4.78 is 0. The first-order valence-electron chi connectivity index (χ1n) is 7.53. The smallest absolute Gasteiger partial charge is 0.339 e. The maximum atomic E-state index is 11.1. The summed E-state index contributed by atoms with van der Waals surface area (Å²) in [5.41, 5.74) is 3.02. The van der Waals surface area contributed by atoms with Crippen LogP contribution in [0.15, 0.2) is 36.5 Å². The van der Waals surface area contributed by atoms with Gasteiger partial charge < -0.3 is 10.2 Å². The number of benzene rings is 1. The normalized spacial score (nSPS) is 12.3. The summed E-state index contributed by atoms with van der Waals surface area (Å²) in [4.78, 5) is 17.6. The van der Waals surface area contributed by atoms with E-state index in [0.717, 1.165) is 17.7 Å². The highest BCUT2D eigenvalue weighted by atomic mass is 16.4. The van der Waals surface area contributed by atoms with Gasteiger partial charge in [0.1, 0.15) is 11.3 Å². The number of nitrogens with zero attached hydrogens (tertiary/aromatic N) is 2. The van der Waals surface area contributed by atoms with E-state index in [1.807, 2.05) is 26.2 Å². The Bertz CT molecular complexity index is 700. The highest BCUT2D eigenvalue weighted by Crippen LogP contribution is 2.20. The van der Waals surface area contributed by atoms with Gasteiger partial charge in [0.05, 0.1) is 0 Å². The van der Waals surface area contributed by atoms with Crippen molar-refractivity contribution >= 4 is 5.97 Å². The van der Waals surface area contributed by atoms with Crippen LogP contribution in [-0.4, -0.2) is 39.2 Å². The van der Waals surface area contributed by atoms with Crippen molar-refractivity contribution in [1.82, 2.24) is 9.88 Å². The summed E-state index contributed by atoms with van der Waals surface area (Å²) in [6.07, 6.45) is 2.64. The minimum absolute atomic E-state index is 0.0658. The van der Waals surface area contributed by atoms with Gasteiger partial charge in [-0.1, -0.05) is 6.07 Å². The number of aromatic carboxylic acids is 1. The fourth-order valence-corrected chi connectivity index (χ4v) is 2.47. The zero-order valence-corrected chi connectivity index (χ0v) is 13.7. The van der Waals surface area contributed by atoms with Gasteiger partial charge in [-0.15, -0.1) is 0 Å². The average Bonchev–Trinajstić information content (AvgIpc) is 2.48. The van der Waals surface area contributed by atoms with E-state index in [1.54, 1.807) is 6.07 Å². The van der Waals surface area contributed by atoms with Crippen LogP contribution in [0.1, 0.15) is 34.1 Å². The molecule has 0 amide bonds. The van der Waals surface area contributed by atoms with Gasteiger partial charge in [-0.2, -0.15) is 0 Å². The molecule has 0 aliphatic heterocycles. The van der Waals surface area contributed by atoms with Crippen LogP contribution in [0, 0.1) is 6.92 Å². The third-order valence-corrected chi connectivity index (χ3v) is 3.95. The maximum absolute atomic E-state index is 11.1. The van der Waals surface area contributed by atoms with Gasteiger partial charge in [0.15, 0.2) is 0 Å². The zero-order valence-electron chi connectivity index (χ0n) is 13.7. The number of hydrogen-bond donors (Lipinski definition) is 2. The van der Waals surface area contributed by atoms with Crippen molar-refractivity contribution in [2.75, 3.05) is 7.05 Å². The predicted octanol–water partition coefficient (Wildman–Crippen LogP) is 2.86. The van der Waals surface area contributed by atoms with Crippen LogP contribution in [0.25, 0.3) is 0 Å². The molecule has 0 bridgehead atoms. The molecule has 23 heavy (non-hydrogen) atoms. The van der Waals surface area contributed by atoms with Crippen molar-refractivity contribution in [3.05, 3.63) is 58.9 Å². The molecule has 0 fully saturated rings. The number of carboxylic acids is 1. The molecule has 1 aromatic heterocycles. The quantitative estimate of drug-likeness (QED) is 0.857. The Hall–Kier alpha value is -2.40. The molecule has 1 unspecified atom stereocenters. The Kier molecular flexibility index (Phi) is 5.34. The molecule has 0 radical (unpaired) electrons. The first-order chi connectivity index (χ1) is 10.9. The summed E-state index contributed by atoms with van der Waals surface area (Å²) in [5, 5.41) is 18.6. The third-order valence-electron chi connectivity index (χ3n) is 3.95.